The average Bonchev–Trinajstić information content (AvgIpc) is 3.57. The Morgan fingerprint density at radius 3 is 2.51 bits per heavy atom. The summed E-state index contributed by atoms with van der Waals surface area (Å²) in [6, 6.07) is 15.1. The summed E-state index contributed by atoms with van der Waals surface area (Å²) in [4.78, 5) is 48.8. The largest absolute Gasteiger partial charge is 0.381 e. The number of nitrogen functional groups attached to an aromatic ring is 1. The zero-order valence-electron chi connectivity index (χ0n) is 24.6. The third-order valence-corrected chi connectivity index (χ3v) is 7.48. The lowest BCUT2D eigenvalue weighted by atomic mass is 10.0. The van der Waals surface area contributed by atoms with Gasteiger partial charge in [0.15, 0.2) is 11.5 Å². The maximum atomic E-state index is 14.3. The molecule has 13 heteroatoms. The van der Waals surface area contributed by atoms with Gasteiger partial charge < -0.3 is 16.8 Å². The van der Waals surface area contributed by atoms with Crippen LogP contribution in [0.1, 0.15) is 58.8 Å². The van der Waals surface area contributed by atoms with Gasteiger partial charge in [0.2, 0.25) is 5.91 Å². The lowest BCUT2D eigenvalue weighted by Crippen LogP contribution is -2.33. The molecule has 0 saturated carbocycles. The number of rotatable bonds is 6. The van der Waals surface area contributed by atoms with Crippen LogP contribution in [0.5, 0.6) is 0 Å². The Labute approximate surface area is 256 Å². The van der Waals surface area contributed by atoms with Gasteiger partial charge in [-0.15, -0.1) is 5.10 Å². The number of aromatic nitrogens is 7. The molecule has 0 radical (unpaired) electrons. The molecule has 0 fully saturated rings. The highest BCUT2D eigenvalue weighted by Gasteiger charge is 2.25. The number of nitrogens with zero attached hydrogens (tertiary/aromatic N) is 7. The molecule has 4 aromatic heterocycles. The van der Waals surface area contributed by atoms with Crippen LogP contribution in [0.4, 0.5) is 5.82 Å². The number of aryl methyl sites for hydroxylation is 1. The van der Waals surface area contributed by atoms with E-state index in [1.165, 1.54) is 9.08 Å². The van der Waals surface area contributed by atoms with Crippen LogP contribution >= 0.6 is 0 Å². The zero-order chi connectivity index (χ0) is 31.8. The number of anilines is 1. The predicted octanol–water partition coefficient (Wildman–Crippen LogP) is 2.22. The van der Waals surface area contributed by atoms with Gasteiger partial charge in [-0.05, 0) is 44.2 Å². The third-order valence-electron chi connectivity index (χ3n) is 7.48. The van der Waals surface area contributed by atoms with Crippen molar-refractivity contribution in [2.45, 2.75) is 25.8 Å². The van der Waals surface area contributed by atoms with Crippen molar-refractivity contribution in [1.29, 1.82) is 0 Å². The molecule has 6 rings (SSSR count). The molecule has 0 saturated heterocycles. The molecular formula is C32H28N10O3. The first-order valence-electron chi connectivity index (χ1n) is 14.0. The monoisotopic (exact) mass is 600 g/mol. The van der Waals surface area contributed by atoms with E-state index in [-0.39, 0.29) is 16.9 Å². The number of para-hydroxylation sites is 1. The predicted molar refractivity (Wildman–Crippen MR) is 167 cm³/mol. The van der Waals surface area contributed by atoms with E-state index in [9.17, 15) is 14.4 Å². The number of amides is 2. The van der Waals surface area contributed by atoms with E-state index in [2.05, 4.69) is 32.3 Å². The highest BCUT2D eigenvalue weighted by molar-refractivity contribution is 6.04. The number of benzene rings is 2. The lowest BCUT2D eigenvalue weighted by Gasteiger charge is -2.20. The van der Waals surface area contributed by atoms with Gasteiger partial charge >= 0.3 is 0 Å². The minimum Gasteiger partial charge on any atom is -0.381 e. The summed E-state index contributed by atoms with van der Waals surface area (Å²) in [5.41, 5.74) is 14.1. The summed E-state index contributed by atoms with van der Waals surface area (Å²) in [6.07, 6.45) is 4.75. The molecule has 45 heavy (non-hydrogen) atoms. The van der Waals surface area contributed by atoms with Gasteiger partial charge in [-0.25, -0.2) is 14.5 Å². The molecule has 0 aliphatic rings. The van der Waals surface area contributed by atoms with E-state index in [0.29, 0.717) is 44.9 Å². The Balaban J connectivity index is 1.47. The van der Waals surface area contributed by atoms with Crippen LogP contribution in [0.2, 0.25) is 0 Å². The number of hydrogen-bond acceptors (Lipinski definition) is 8. The minimum absolute atomic E-state index is 0.0236. The van der Waals surface area contributed by atoms with Gasteiger partial charge in [-0.2, -0.15) is 5.10 Å². The van der Waals surface area contributed by atoms with Crippen molar-refractivity contribution in [3.63, 3.8) is 0 Å². The average molecular weight is 601 g/mol. The summed E-state index contributed by atoms with van der Waals surface area (Å²) in [6.45, 7) is 3.42. The second-order valence-electron chi connectivity index (χ2n) is 10.4. The standard InChI is InChI=1S/C32H28N10O3/c1-18(28(34)43)26-21(17-36-40(26)3)14-13-20-9-7-12-23-24(20)32(45)42(22-10-5-4-6-11-22)29(38-23)19(2)37-31(44)25-27(33)39-41-16-8-15-35-30(25)41/h4-12,15-19H,1-3H3,(H2,33,39)(H2,34,43)(H,37,44). The first-order valence-corrected chi connectivity index (χ1v) is 14.0. The Morgan fingerprint density at radius 2 is 1.76 bits per heavy atom. The number of fused-ring (bicyclic) bond motifs is 2. The van der Waals surface area contributed by atoms with Crippen molar-refractivity contribution in [1.82, 2.24) is 39.2 Å². The summed E-state index contributed by atoms with van der Waals surface area (Å²) >= 11 is 0. The molecule has 224 valence electrons. The molecule has 5 N–H and O–H groups in total. The van der Waals surface area contributed by atoms with Gasteiger partial charge in [0, 0.05) is 25.0 Å². The first-order chi connectivity index (χ1) is 21.7. The van der Waals surface area contributed by atoms with Gasteiger partial charge in [0.1, 0.15) is 11.4 Å². The van der Waals surface area contributed by atoms with Crippen LogP contribution in [-0.2, 0) is 11.8 Å². The number of nitrogens with two attached hydrogens (primary N) is 2. The number of carbonyl (C=O) groups excluding carboxylic acids is 2. The van der Waals surface area contributed by atoms with Crippen molar-refractivity contribution < 1.29 is 9.59 Å². The molecule has 4 heterocycles. The van der Waals surface area contributed by atoms with Crippen molar-refractivity contribution in [3.8, 4) is 17.5 Å². The van der Waals surface area contributed by atoms with Crippen molar-refractivity contribution in [2.75, 3.05) is 5.73 Å². The summed E-state index contributed by atoms with van der Waals surface area (Å²) in [7, 11) is 1.71. The van der Waals surface area contributed by atoms with Crippen LogP contribution in [-0.4, -0.2) is 45.7 Å². The van der Waals surface area contributed by atoms with Crippen LogP contribution < -0.4 is 22.3 Å². The Kier molecular flexibility index (Phi) is 7.31. The number of primary amides is 1. The van der Waals surface area contributed by atoms with Crippen molar-refractivity contribution >= 4 is 34.2 Å². The maximum Gasteiger partial charge on any atom is 0.267 e. The quantitative estimate of drug-likeness (QED) is 0.243. The molecule has 13 nitrogen and oxygen atoms in total. The van der Waals surface area contributed by atoms with E-state index >= 15 is 0 Å². The summed E-state index contributed by atoms with van der Waals surface area (Å²) in [5, 5.41) is 11.6. The van der Waals surface area contributed by atoms with E-state index in [1.807, 2.05) is 6.07 Å². The first kappa shape index (κ1) is 28.8. The fraction of sp³-hybridized carbons (Fsp3) is 0.156. The summed E-state index contributed by atoms with van der Waals surface area (Å²) in [5.74, 6) is 4.84. The second kappa shape index (κ2) is 11.4. The SMILES string of the molecule is CC(NC(=O)c1c(N)nn2cccnc12)c1nc2cccc(C#Cc3cnn(C)c3C(C)C(N)=O)c2c(=O)n1-c1ccccc1. The molecule has 2 aromatic carbocycles. The molecule has 2 unspecified atom stereocenters. The van der Waals surface area contributed by atoms with E-state index < -0.39 is 23.8 Å². The van der Waals surface area contributed by atoms with Crippen LogP contribution in [0.25, 0.3) is 22.2 Å². The zero-order valence-corrected chi connectivity index (χ0v) is 24.6. The molecule has 0 aliphatic carbocycles. The Hall–Kier alpha value is -6.29. The lowest BCUT2D eigenvalue weighted by molar-refractivity contribution is -0.119. The molecule has 0 bridgehead atoms. The van der Waals surface area contributed by atoms with Gasteiger partial charge in [-0.3, -0.25) is 23.6 Å². The minimum atomic E-state index is -0.740. The van der Waals surface area contributed by atoms with Crippen molar-refractivity contribution in [2.24, 2.45) is 12.8 Å². The van der Waals surface area contributed by atoms with E-state index in [0.717, 1.165) is 0 Å². The topological polar surface area (TPSA) is 181 Å². The molecule has 6 aromatic rings. The van der Waals surface area contributed by atoms with Crippen molar-refractivity contribution in [3.05, 3.63) is 112 Å². The third kappa shape index (κ3) is 5.14. The van der Waals surface area contributed by atoms with Gasteiger partial charge in [0.05, 0.1) is 46.0 Å². The molecule has 2 amide bonds. The van der Waals surface area contributed by atoms with E-state index in [4.69, 9.17) is 16.5 Å². The molecule has 2 atom stereocenters. The smallest absolute Gasteiger partial charge is 0.267 e. The molecular weight excluding hydrogens is 572 g/mol. The summed E-state index contributed by atoms with van der Waals surface area (Å²) < 4.78 is 4.45. The Morgan fingerprint density at radius 1 is 1.00 bits per heavy atom. The number of hydrogen-bond donors (Lipinski definition) is 3. The fourth-order valence-electron chi connectivity index (χ4n) is 5.25. The van der Waals surface area contributed by atoms with Gasteiger partial charge in [-0.1, -0.05) is 36.1 Å². The van der Waals surface area contributed by atoms with Crippen LogP contribution in [0.15, 0.2) is 78.0 Å². The number of carbonyl (C=O) groups is 2. The highest BCUT2D eigenvalue weighted by atomic mass is 16.2. The molecule has 0 spiro atoms. The van der Waals surface area contributed by atoms with E-state index in [1.54, 1.807) is 92.7 Å². The second-order valence-corrected chi connectivity index (χ2v) is 10.4. The maximum absolute atomic E-state index is 14.3. The number of nitrogens with one attached hydrogen (secondary N) is 1. The van der Waals surface area contributed by atoms with Crippen LogP contribution in [0.3, 0.4) is 0 Å². The van der Waals surface area contributed by atoms with Crippen LogP contribution in [0, 0.1) is 11.8 Å². The molecule has 0 aliphatic heterocycles. The van der Waals surface area contributed by atoms with Gasteiger partial charge in [0.25, 0.3) is 11.5 Å². The normalized spacial score (nSPS) is 12.4. The fourth-order valence-corrected chi connectivity index (χ4v) is 5.25. The Bertz CT molecular complexity index is 2240. The highest BCUT2D eigenvalue weighted by Crippen LogP contribution is 2.23.